The number of nitrogens with one attached hydrogen (secondary N) is 1. The molecule has 0 atom stereocenters. The second kappa shape index (κ2) is 10.5. The predicted octanol–water partition coefficient (Wildman–Crippen LogP) is 3.91. The first-order valence-electron chi connectivity index (χ1n) is 9.24. The van der Waals surface area contributed by atoms with Gasteiger partial charge in [0.25, 0.3) is 0 Å². The Morgan fingerprint density at radius 1 is 0.889 bits per heavy atom. The number of carbonyl (C=O) groups is 1. The van der Waals surface area contributed by atoms with E-state index in [4.69, 9.17) is 14.2 Å². The smallest absolute Gasteiger partial charge is 0.224 e. The van der Waals surface area contributed by atoms with E-state index >= 15 is 0 Å². The molecule has 0 aliphatic carbocycles. The lowest BCUT2D eigenvalue weighted by Crippen LogP contribution is -2.24. The highest BCUT2D eigenvalue weighted by atomic mass is 16.5. The monoisotopic (exact) mass is 371 g/mol. The van der Waals surface area contributed by atoms with Crippen LogP contribution in [0.3, 0.4) is 0 Å². The molecule has 2 aromatic carbocycles. The van der Waals surface area contributed by atoms with Gasteiger partial charge in [-0.25, -0.2) is 0 Å². The number of ether oxygens (including phenoxy) is 3. The van der Waals surface area contributed by atoms with Crippen molar-refractivity contribution in [3.05, 3.63) is 53.1 Å². The summed E-state index contributed by atoms with van der Waals surface area (Å²) in [6, 6.07) is 12.0. The Labute approximate surface area is 161 Å². The van der Waals surface area contributed by atoms with Gasteiger partial charge < -0.3 is 19.5 Å². The van der Waals surface area contributed by atoms with E-state index in [1.54, 1.807) is 21.3 Å². The minimum absolute atomic E-state index is 0.0231. The van der Waals surface area contributed by atoms with Gasteiger partial charge in [0.2, 0.25) is 11.7 Å². The van der Waals surface area contributed by atoms with Gasteiger partial charge in [-0.2, -0.15) is 0 Å². The maximum Gasteiger partial charge on any atom is 0.224 e. The van der Waals surface area contributed by atoms with E-state index in [9.17, 15) is 4.79 Å². The van der Waals surface area contributed by atoms with Crippen molar-refractivity contribution < 1.29 is 19.0 Å². The summed E-state index contributed by atoms with van der Waals surface area (Å²) in [5.74, 6) is 1.66. The van der Waals surface area contributed by atoms with E-state index in [2.05, 4.69) is 24.4 Å². The van der Waals surface area contributed by atoms with Crippen molar-refractivity contribution in [1.82, 2.24) is 5.32 Å². The third-order valence-electron chi connectivity index (χ3n) is 4.42. The fourth-order valence-corrected chi connectivity index (χ4v) is 2.89. The van der Waals surface area contributed by atoms with Gasteiger partial charge >= 0.3 is 0 Å². The molecule has 0 aliphatic heterocycles. The van der Waals surface area contributed by atoms with Gasteiger partial charge in [-0.1, -0.05) is 37.6 Å². The molecule has 5 nitrogen and oxygen atoms in total. The highest BCUT2D eigenvalue weighted by Crippen LogP contribution is 2.38. The second-order valence-electron chi connectivity index (χ2n) is 6.41. The van der Waals surface area contributed by atoms with Crippen molar-refractivity contribution in [2.24, 2.45) is 0 Å². The summed E-state index contributed by atoms with van der Waals surface area (Å²) in [5.41, 5.74) is 3.21. The third kappa shape index (κ3) is 5.91. The average Bonchev–Trinajstić information content (AvgIpc) is 2.70. The number of amides is 1. The van der Waals surface area contributed by atoms with Crippen LogP contribution < -0.4 is 19.5 Å². The zero-order valence-corrected chi connectivity index (χ0v) is 16.6. The summed E-state index contributed by atoms with van der Waals surface area (Å²) in [7, 11) is 4.71. The molecule has 0 aliphatic rings. The zero-order chi connectivity index (χ0) is 19.6. The molecule has 0 unspecified atom stereocenters. The molecule has 1 N–H and O–H groups in total. The molecule has 0 spiro atoms. The van der Waals surface area contributed by atoms with Crippen LogP contribution in [0.4, 0.5) is 0 Å². The number of benzene rings is 2. The third-order valence-corrected chi connectivity index (χ3v) is 4.42. The van der Waals surface area contributed by atoms with Crippen molar-refractivity contribution in [2.45, 2.75) is 39.2 Å². The molecule has 27 heavy (non-hydrogen) atoms. The Morgan fingerprint density at radius 2 is 1.48 bits per heavy atom. The van der Waals surface area contributed by atoms with Gasteiger partial charge in [0.15, 0.2) is 11.5 Å². The molecule has 0 heterocycles. The molecule has 0 bridgehead atoms. The molecule has 1 amide bonds. The van der Waals surface area contributed by atoms with Gasteiger partial charge in [0.1, 0.15) is 0 Å². The largest absolute Gasteiger partial charge is 0.493 e. The lowest BCUT2D eigenvalue weighted by atomic mass is 10.0. The van der Waals surface area contributed by atoms with Crippen molar-refractivity contribution in [3.8, 4) is 17.2 Å². The fraction of sp³-hybridized carbons (Fsp3) is 0.409. The second-order valence-corrected chi connectivity index (χ2v) is 6.41. The average molecular weight is 371 g/mol. The molecule has 0 aromatic heterocycles. The van der Waals surface area contributed by atoms with E-state index in [0.717, 1.165) is 17.5 Å². The van der Waals surface area contributed by atoms with Gasteiger partial charge in [0, 0.05) is 6.54 Å². The molecule has 2 rings (SSSR count). The van der Waals surface area contributed by atoms with Crippen LogP contribution >= 0.6 is 0 Å². The molecule has 0 radical (unpaired) electrons. The van der Waals surface area contributed by atoms with Crippen molar-refractivity contribution in [3.63, 3.8) is 0 Å². The molecular weight excluding hydrogens is 342 g/mol. The normalized spacial score (nSPS) is 10.4. The van der Waals surface area contributed by atoms with Crippen molar-refractivity contribution >= 4 is 5.91 Å². The van der Waals surface area contributed by atoms with Crippen LogP contribution in [-0.4, -0.2) is 27.2 Å². The van der Waals surface area contributed by atoms with E-state index in [1.807, 2.05) is 24.3 Å². The molecule has 0 saturated carbocycles. The highest BCUT2D eigenvalue weighted by molar-refractivity contribution is 5.78. The van der Waals surface area contributed by atoms with Crippen LogP contribution in [-0.2, 0) is 24.2 Å². The number of hydrogen-bond acceptors (Lipinski definition) is 4. The quantitative estimate of drug-likeness (QED) is 0.688. The first kappa shape index (κ1) is 20.6. The number of aryl methyl sites for hydroxylation is 1. The Morgan fingerprint density at radius 3 is 2.00 bits per heavy atom. The standard InChI is InChI=1S/C22H29NO4/c1-5-6-7-16-8-10-17(11-9-16)14-21(24)23-15-18-12-19(25-2)22(27-4)20(13-18)26-3/h8-13H,5-7,14-15H2,1-4H3,(H,23,24). The minimum atomic E-state index is -0.0231. The Balaban J connectivity index is 1.95. The van der Waals surface area contributed by atoms with E-state index in [1.165, 1.54) is 18.4 Å². The van der Waals surface area contributed by atoms with Crippen LogP contribution in [0.5, 0.6) is 17.2 Å². The topological polar surface area (TPSA) is 56.8 Å². The fourth-order valence-electron chi connectivity index (χ4n) is 2.89. The first-order chi connectivity index (χ1) is 13.1. The predicted molar refractivity (Wildman–Crippen MR) is 107 cm³/mol. The maximum absolute atomic E-state index is 12.3. The van der Waals surface area contributed by atoms with E-state index in [-0.39, 0.29) is 5.91 Å². The van der Waals surface area contributed by atoms with Gasteiger partial charge in [-0.05, 0) is 41.7 Å². The first-order valence-corrected chi connectivity index (χ1v) is 9.24. The lowest BCUT2D eigenvalue weighted by molar-refractivity contribution is -0.120. The van der Waals surface area contributed by atoms with Crippen LogP contribution in [0.1, 0.15) is 36.5 Å². The molecule has 5 heteroatoms. The van der Waals surface area contributed by atoms with Crippen LogP contribution in [0, 0.1) is 0 Å². The van der Waals surface area contributed by atoms with Crippen LogP contribution in [0.15, 0.2) is 36.4 Å². The summed E-state index contributed by atoms with van der Waals surface area (Å²) >= 11 is 0. The SMILES string of the molecule is CCCCc1ccc(CC(=O)NCc2cc(OC)c(OC)c(OC)c2)cc1. The molecule has 0 saturated heterocycles. The summed E-state index contributed by atoms with van der Waals surface area (Å²) < 4.78 is 16.0. The maximum atomic E-state index is 12.3. The van der Waals surface area contributed by atoms with Crippen molar-refractivity contribution in [2.75, 3.05) is 21.3 Å². The van der Waals surface area contributed by atoms with Gasteiger partial charge in [0.05, 0.1) is 27.8 Å². The number of carbonyl (C=O) groups excluding carboxylic acids is 1. The number of methoxy groups -OCH3 is 3. The molecule has 146 valence electrons. The molecule has 2 aromatic rings. The lowest BCUT2D eigenvalue weighted by Gasteiger charge is -2.14. The van der Waals surface area contributed by atoms with Crippen LogP contribution in [0.2, 0.25) is 0 Å². The molecular formula is C22H29NO4. The number of hydrogen-bond donors (Lipinski definition) is 1. The van der Waals surface area contributed by atoms with E-state index < -0.39 is 0 Å². The minimum Gasteiger partial charge on any atom is -0.493 e. The van der Waals surface area contributed by atoms with Crippen molar-refractivity contribution in [1.29, 1.82) is 0 Å². The zero-order valence-electron chi connectivity index (χ0n) is 16.6. The Bertz CT molecular complexity index is 715. The number of unbranched alkanes of at least 4 members (excludes halogenated alkanes) is 1. The van der Waals surface area contributed by atoms with Gasteiger partial charge in [-0.15, -0.1) is 0 Å². The highest BCUT2D eigenvalue weighted by Gasteiger charge is 2.13. The Kier molecular flexibility index (Phi) is 7.99. The van der Waals surface area contributed by atoms with E-state index in [0.29, 0.717) is 30.2 Å². The van der Waals surface area contributed by atoms with Crippen LogP contribution in [0.25, 0.3) is 0 Å². The summed E-state index contributed by atoms with van der Waals surface area (Å²) in [6.45, 7) is 2.58. The number of rotatable bonds is 10. The summed E-state index contributed by atoms with van der Waals surface area (Å²) in [6.07, 6.45) is 3.82. The Hall–Kier alpha value is -2.69. The summed E-state index contributed by atoms with van der Waals surface area (Å²) in [4.78, 5) is 12.3. The molecule has 0 fully saturated rings. The summed E-state index contributed by atoms with van der Waals surface area (Å²) in [5, 5.41) is 2.95. The van der Waals surface area contributed by atoms with Gasteiger partial charge in [-0.3, -0.25) is 4.79 Å².